The van der Waals surface area contributed by atoms with Crippen molar-refractivity contribution in [3.63, 3.8) is 0 Å². The molecule has 7 heteroatoms. The fraction of sp³-hybridized carbons (Fsp3) is 1.00. The van der Waals surface area contributed by atoms with Gasteiger partial charge in [-0.2, -0.15) is 0 Å². The van der Waals surface area contributed by atoms with Crippen LogP contribution in [-0.4, -0.2) is 17.6 Å². The Morgan fingerprint density at radius 3 is 1.91 bits per heavy atom. The van der Waals surface area contributed by atoms with Crippen LogP contribution in [0.1, 0.15) is 91.4 Å². The van der Waals surface area contributed by atoms with E-state index in [2.05, 4.69) is 16.3 Å². The van der Waals surface area contributed by atoms with E-state index in [1.807, 2.05) is 6.92 Å². The van der Waals surface area contributed by atoms with Crippen molar-refractivity contribution in [2.75, 3.05) is 6.61 Å². The molecule has 0 saturated carbocycles. The summed E-state index contributed by atoms with van der Waals surface area (Å²) in [6.45, 7) is 6.10. The Labute approximate surface area is 141 Å². The minimum atomic E-state index is -4.28. The molecule has 0 aliphatic heterocycles. The van der Waals surface area contributed by atoms with Gasteiger partial charge in [0.25, 0.3) is 0 Å². The van der Waals surface area contributed by atoms with Crippen molar-refractivity contribution in [3.05, 3.63) is 0 Å². The zero-order chi connectivity index (χ0) is 17.4. The van der Waals surface area contributed by atoms with Gasteiger partial charge in [0.05, 0.1) is 12.7 Å². The van der Waals surface area contributed by atoms with E-state index in [1.165, 1.54) is 44.9 Å². The van der Waals surface area contributed by atoms with Crippen LogP contribution in [0.15, 0.2) is 0 Å². The molecule has 0 fully saturated rings. The Balaban J connectivity index is 3.33. The van der Waals surface area contributed by atoms with Crippen LogP contribution < -0.4 is 0 Å². The molecule has 0 aliphatic carbocycles. The Kier molecular flexibility index (Phi) is 15.6. The molecular weight excluding hydrogens is 319 g/mol. The van der Waals surface area contributed by atoms with Gasteiger partial charge in [-0.15, -0.1) is 9.35 Å². The minimum Gasteiger partial charge on any atom is -0.299 e. The van der Waals surface area contributed by atoms with E-state index < -0.39 is 7.82 Å². The molecule has 0 aromatic rings. The van der Waals surface area contributed by atoms with Gasteiger partial charge in [0.2, 0.25) is 0 Å². The number of rotatable bonds is 17. The fourth-order valence-corrected chi connectivity index (χ4v) is 2.45. The molecule has 0 aliphatic rings. The molecule has 0 heterocycles. The second-order valence-electron chi connectivity index (χ2n) is 5.94. The van der Waals surface area contributed by atoms with Crippen molar-refractivity contribution in [3.8, 4) is 0 Å². The first-order valence-electron chi connectivity index (χ1n) is 9.01. The summed E-state index contributed by atoms with van der Waals surface area (Å²) in [6.07, 6.45) is 12.5. The number of phosphoric acid groups is 1. The standard InChI is InChI=1S/C16H35O6P/c1-4-6-7-8-9-10-11-12-13-14-15-19-21-23(17,18)22-20-16(3)5-2/h16H,4-15H2,1-3H3,(H,17,18). The second-order valence-corrected chi connectivity index (χ2v) is 7.17. The summed E-state index contributed by atoms with van der Waals surface area (Å²) in [4.78, 5) is 18.7. The number of unbranched alkanes of at least 4 members (excludes halogenated alkanes) is 9. The van der Waals surface area contributed by atoms with Gasteiger partial charge in [0.15, 0.2) is 0 Å². The molecule has 0 radical (unpaired) electrons. The Bertz CT molecular complexity index is 300. The third-order valence-electron chi connectivity index (χ3n) is 3.60. The third-order valence-corrected chi connectivity index (χ3v) is 4.17. The van der Waals surface area contributed by atoms with E-state index in [0.717, 1.165) is 19.3 Å². The molecule has 1 N–H and O–H groups in total. The van der Waals surface area contributed by atoms with Gasteiger partial charge in [0, 0.05) is 0 Å². The predicted molar refractivity (Wildman–Crippen MR) is 90.6 cm³/mol. The van der Waals surface area contributed by atoms with E-state index in [9.17, 15) is 9.46 Å². The molecule has 140 valence electrons. The topological polar surface area (TPSA) is 74.2 Å². The molecule has 0 rings (SSSR count). The van der Waals surface area contributed by atoms with E-state index in [0.29, 0.717) is 6.42 Å². The fourth-order valence-electron chi connectivity index (χ4n) is 1.96. The Morgan fingerprint density at radius 2 is 1.39 bits per heavy atom. The molecule has 0 amide bonds. The van der Waals surface area contributed by atoms with Gasteiger partial charge in [0.1, 0.15) is 0 Å². The second kappa shape index (κ2) is 15.6. The smallest absolute Gasteiger partial charge is 0.299 e. The largest absolute Gasteiger partial charge is 0.526 e. The highest BCUT2D eigenvalue weighted by molar-refractivity contribution is 7.47. The van der Waals surface area contributed by atoms with Crippen LogP contribution in [0.25, 0.3) is 0 Å². The van der Waals surface area contributed by atoms with Crippen LogP contribution in [0.5, 0.6) is 0 Å². The Morgan fingerprint density at radius 1 is 0.870 bits per heavy atom. The maximum absolute atomic E-state index is 11.4. The van der Waals surface area contributed by atoms with Crippen molar-refractivity contribution >= 4 is 7.82 Å². The van der Waals surface area contributed by atoms with Crippen LogP contribution in [0.3, 0.4) is 0 Å². The summed E-state index contributed by atoms with van der Waals surface area (Å²) in [5, 5.41) is 0. The van der Waals surface area contributed by atoms with Crippen LogP contribution in [0, 0.1) is 0 Å². The summed E-state index contributed by atoms with van der Waals surface area (Å²) in [7, 11) is -4.28. The molecule has 6 nitrogen and oxygen atoms in total. The lowest BCUT2D eigenvalue weighted by atomic mass is 10.1. The summed E-state index contributed by atoms with van der Waals surface area (Å²) >= 11 is 0. The quantitative estimate of drug-likeness (QED) is 0.156. The first kappa shape index (κ1) is 23.0. The molecule has 0 aromatic heterocycles. The zero-order valence-electron chi connectivity index (χ0n) is 15.0. The van der Waals surface area contributed by atoms with Crippen LogP contribution in [0.4, 0.5) is 0 Å². The molecule has 0 aromatic carbocycles. The highest BCUT2D eigenvalue weighted by Crippen LogP contribution is 2.44. The maximum Gasteiger partial charge on any atom is 0.526 e. The van der Waals surface area contributed by atoms with Crippen molar-refractivity contribution in [2.45, 2.75) is 97.5 Å². The van der Waals surface area contributed by atoms with Gasteiger partial charge in [-0.05, 0) is 19.8 Å². The lowest BCUT2D eigenvalue weighted by Crippen LogP contribution is -2.07. The number of hydrogen-bond acceptors (Lipinski definition) is 5. The van der Waals surface area contributed by atoms with Crippen LogP contribution >= 0.6 is 7.82 Å². The van der Waals surface area contributed by atoms with E-state index >= 15 is 0 Å². The summed E-state index contributed by atoms with van der Waals surface area (Å²) in [5.74, 6) is 0. The van der Waals surface area contributed by atoms with E-state index in [4.69, 9.17) is 9.78 Å². The molecule has 2 atom stereocenters. The van der Waals surface area contributed by atoms with E-state index in [-0.39, 0.29) is 12.7 Å². The van der Waals surface area contributed by atoms with Crippen molar-refractivity contribution in [1.82, 2.24) is 0 Å². The molecular formula is C16H35O6P. The highest BCUT2D eigenvalue weighted by Gasteiger charge is 2.25. The average molecular weight is 354 g/mol. The van der Waals surface area contributed by atoms with Crippen molar-refractivity contribution in [2.24, 2.45) is 0 Å². The highest BCUT2D eigenvalue weighted by atomic mass is 31.2. The lowest BCUT2D eigenvalue weighted by molar-refractivity contribution is -0.295. The van der Waals surface area contributed by atoms with Crippen molar-refractivity contribution in [1.29, 1.82) is 0 Å². The zero-order valence-corrected chi connectivity index (χ0v) is 15.9. The van der Waals surface area contributed by atoms with Crippen LogP contribution in [0.2, 0.25) is 0 Å². The Hall–Kier alpha value is 0.0300. The van der Waals surface area contributed by atoms with E-state index in [1.54, 1.807) is 6.92 Å². The maximum atomic E-state index is 11.4. The van der Waals surface area contributed by atoms with Crippen molar-refractivity contribution < 1.29 is 28.6 Å². The molecule has 0 saturated heterocycles. The summed E-state index contributed by atoms with van der Waals surface area (Å²) in [6, 6.07) is 0. The molecule has 23 heavy (non-hydrogen) atoms. The summed E-state index contributed by atoms with van der Waals surface area (Å²) in [5.41, 5.74) is 0. The van der Waals surface area contributed by atoms with Gasteiger partial charge in [-0.3, -0.25) is 4.89 Å². The van der Waals surface area contributed by atoms with Crippen LogP contribution in [-0.2, 0) is 23.7 Å². The minimum absolute atomic E-state index is 0.272. The first-order valence-corrected chi connectivity index (χ1v) is 10.5. The first-order chi connectivity index (χ1) is 11.0. The van der Waals surface area contributed by atoms with Gasteiger partial charge < -0.3 is 0 Å². The lowest BCUT2D eigenvalue weighted by Gasteiger charge is -2.12. The number of hydrogen-bond donors (Lipinski definition) is 1. The molecule has 2 unspecified atom stereocenters. The molecule has 0 spiro atoms. The predicted octanol–water partition coefficient (Wildman–Crippen LogP) is 5.70. The molecule has 0 bridgehead atoms. The van der Waals surface area contributed by atoms with Gasteiger partial charge in [-0.1, -0.05) is 71.6 Å². The van der Waals surface area contributed by atoms with Gasteiger partial charge in [-0.25, -0.2) is 14.3 Å². The SMILES string of the molecule is CCCCCCCCCCCCOOP(=O)(O)OOC(C)CC. The monoisotopic (exact) mass is 354 g/mol. The third kappa shape index (κ3) is 16.7. The normalized spacial score (nSPS) is 15.5. The summed E-state index contributed by atoms with van der Waals surface area (Å²) < 4.78 is 20.1. The van der Waals surface area contributed by atoms with Gasteiger partial charge >= 0.3 is 7.82 Å². The average Bonchev–Trinajstić information content (AvgIpc) is 2.53.